The summed E-state index contributed by atoms with van der Waals surface area (Å²) in [6, 6.07) is 4.34. The topological polar surface area (TPSA) is 93.9 Å². The van der Waals surface area contributed by atoms with Gasteiger partial charge in [0.05, 0.1) is 17.6 Å². The van der Waals surface area contributed by atoms with Gasteiger partial charge in [-0.1, -0.05) is 20.8 Å². The summed E-state index contributed by atoms with van der Waals surface area (Å²) >= 11 is 0. The number of nitrogens with one attached hydrogen (secondary N) is 1. The van der Waals surface area contributed by atoms with E-state index in [0.717, 1.165) is 0 Å². The molecule has 0 fully saturated rings. The number of rotatable bonds is 3. The van der Waals surface area contributed by atoms with Crippen LogP contribution in [0.25, 0.3) is 11.4 Å². The summed E-state index contributed by atoms with van der Waals surface area (Å²) in [7, 11) is 1.50. The first-order chi connectivity index (χ1) is 9.32. The molecule has 1 aromatic heterocycles. The second-order valence-corrected chi connectivity index (χ2v) is 5.40. The van der Waals surface area contributed by atoms with Crippen molar-refractivity contribution in [2.45, 2.75) is 26.2 Å². The summed E-state index contributed by atoms with van der Waals surface area (Å²) < 4.78 is 5.21. The molecule has 0 bridgehead atoms. The number of nitro benzene ring substituents is 1. The molecule has 106 valence electrons. The fourth-order valence-corrected chi connectivity index (χ4v) is 1.70. The second-order valence-electron chi connectivity index (χ2n) is 5.40. The van der Waals surface area contributed by atoms with Crippen LogP contribution in [0.3, 0.4) is 0 Å². The third-order valence-corrected chi connectivity index (χ3v) is 2.83. The fourth-order valence-electron chi connectivity index (χ4n) is 1.70. The van der Waals surface area contributed by atoms with Gasteiger partial charge in [0.25, 0.3) is 5.69 Å². The van der Waals surface area contributed by atoms with Crippen LogP contribution in [0.1, 0.15) is 26.6 Å². The third kappa shape index (κ3) is 2.61. The van der Waals surface area contributed by atoms with Crippen molar-refractivity contribution in [3.8, 4) is 17.1 Å². The van der Waals surface area contributed by atoms with Gasteiger partial charge in [0, 0.05) is 17.5 Å². The van der Waals surface area contributed by atoms with Crippen molar-refractivity contribution in [2.24, 2.45) is 0 Å². The van der Waals surface area contributed by atoms with Gasteiger partial charge in [-0.25, -0.2) is 4.98 Å². The van der Waals surface area contributed by atoms with Crippen LogP contribution in [0.4, 0.5) is 5.69 Å². The minimum atomic E-state index is -0.458. The molecule has 0 aliphatic carbocycles. The zero-order valence-corrected chi connectivity index (χ0v) is 11.8. The molecule has 0 radical (unpaired) electrons. The molecule has 0 aliphatic heterocycles. The van der Waals surface area contributed by atoms with Crippen LogP contribution in [-0.4, -0.2) is 27.2 Å². The Morgan fingerprint density at radius 3 is 2.55 bits per heavy atom. The molecule has 1 aromatic carbocycles. The first-order valence-corrected chi connectivity index (χ1v) is 6.08. The summed E-state index contributed by atoms with van der Waals surface area (Å²) in [4.78, 5) is 14.8. The highest BCUT2D eigenvalue weighted by Gasteiger charge is 2.21. The first kappa shape index (κ1) is 14.0. The number of benzene rings is 1. The first-order valence-electron chi connectivity index (χ1n) is 6.08. The van der Waals surface area contributed by atoms with E-state index in [9.17, 15) is 10.1 Å². The Balaban J connectivity index is 2.53. The fraction of sp³-hybridized carbons (Fsp3) is 0.385. The van der Waals surface area contributed by atoms with Gasteiger partial charge in [0.2, 0.25) is 0 Å². The number of nitro groups is 1. The van der Waals surface area contributed by atoms with E-state index in [1.54, 1.807) is 6.07 Å². The molecule has 0 amide bonds. The van der Waals surface area contributed by atoms with E-state index in [2.05, 4.69) is 15.2 Å². The molecule has 2 aromatic rings. The molecular weight excluding hydrogens is 260 g/mol. The highest BCUT2D eigenvalue weighted by atomic mass is 16.6. The van der Waals surface area contributed by atoms with E-state index in [0.29, 0.717) is 23.0 Å². The Hall–Kier alpha value is -2.44. The average Bonchev–Trinajstić information content (AvgIpc) is 2.87. The molecule has 0 atom stereocenters. The van der Waals surface area contributed by atoms with Crippen molar-refractivity contribution in [1.82, 2.24) is 15.2 Å². The maximum Gasteiger partial charge on any atom is 0.270 e. The van der Waals surface area contributed by atoms with Crippen LogP contribution in [0, 0.1) is 10.1 Å². The Bertz CT molecular complexity index is 643. The Labute approximate surface area is 116 Å². The molecule has 7 nitrogen and oxygen atoms in total. The van der Waals surface area contributed by atoms with Gasteiger partial charge in [0.15, 0.2) is 5.82 Å². The van der Waals surface area contributed by atoms with E-state index in [4.69, 9.17) is 4.74 Å². The lowest BCUT2D eigenvalue weighted by molar-refractivity contribution is -0.384. The number of nitrogens with zero attached hydrogens (tertiary/aromatic N) is 3. The zero-order valence-electron chi connectivity index (χ0n) is 11.8. The molecule has 7 heteroatoms. The normalized spacial score (nSPS) is 11.4. The van der Waals surface area contributed by atoms with Crippen molar-refractivity contribution in [1.29, 1.82) is 0 Å². The maximum atomic E-state index is 10.9. The molecule has 0 aliphatic rings. The van der Waals surface area contributed by atoms with Crippen molar-refractivity contribution in [3.05, 3.63) is 34.1 Å². The molecule has 0 spiro atoms. The summed E-state index contributed by atoms with van der Waals surface area (Å²) in [6.45, 7) is 6.01. The third-order valence-electron chi connectivity index (χ3n) is 2.83. The van der Waals surface area contributed by atoms with Gasteiger partial charge in [-0.3, -0.25) is 15.2 Å². The minimum Gasteiger partial charge on any atom is -0.496 e. The highest BCUT2D eigenvalue weighted by molar-refractivity contribution is 5.67. The van der Waals surface area contributed by atoms with E-state index in [1.807, 2.05) is 20.8 Å². The molecular formula is C13H16N4O3. The predicted octanol–water partition coefficient (Wildman–Crippen LogP) is 2.69. The largest absolute Gasteiger partial charge is 0.496 e. The molecule has 0 unspecified atom stereocenters. The van der Waals surface area contributed by atoms with Crippen molar-refractivity contribution in [2.75, 3.05) is 7.11 Å². The van der Waals surface area contributed by atoms with Crippen LogP contribution >= 0.6 is 0 Å². The molecule has 0 saturated heterocycles. The number of aromatic amines is 1. The Morgan fingerprint density at radius 2 is 2.05 bits per heavy atom. The number of non-ortho nitro benzene ring substituents is 1. The smallest absolute Gasteiger partial charge is 0.270 e. The van der Waals surface area contributed by atoms with Crippen molar-refractivity contribution >= 4 is 5.69 Å². The predicted molar refractivity (Wildman–Crippen MR) is 73.7 cm³/mol. The van der Waals surface area contributed by atoms with E-state index in [-0.39, 0.29) is 11.1 Å². The quantitative estimate of drug-likeness (QED) is 0.687. The Morgan fingerprint density at radius 1 is 1.35 bits per heavy atom. The SMILES string of the molecule is COc1ccc([N+](=O)[O-])cc1-c1n[nH]c(C(C)(C)C)n1. The van der Waals surface area contributed by atoms with Crippen LogP contribution in [-0.2, 0) is 5.41 Å². The minimum absolute atomic E-state index is 0.0251. The zero-order chi connectivity index (χ0) is 14.9. The van der Waals surface area contributed by atoms with Gasteiger partial charge in [-0.05, 0) is 6.07 Å². The molecule has 0 saturated carbocycles. The molecule has 1 heterocycles. The van der Waals surface area contributed by atoms with Gasteiger partial charge in [0.1, 0.15) is 11.6 Å². The van der Waals surface area contributed by atoms with Crippen LogP contribution in [0.5, 0.6) is 5.75 Å². The van der Waals surface area contributed by atoms with Gasteiger partial charge < -0.3 is 4.74 Å². The number of methoxy groups -OCH3 is 1. The standard InChI is InChI=1S/C13H16N4O3/c1-13(2,3)12-14-11(15-16-12)9-7-8(17(18)19)5-6-10(9)20-4/h5-7H,1-4H3,(H,14,15,16). The van der Waals surface area contributed by atoms with E-state index < -0.39 is 4.92 Å². The highest BCUT2D eigenvalue weighted by Crippen LogP contribution is 2.32. The van der Waals surface area contributed by atoms with Crippen molar-refractivity contribution in [3.63, 3.8) is 0 Å². The van der Waals surface area contributed by atoms with Gasteiger partial charge in [-0.15, -0.1) is 0 Å². The summed E-state index contributed by atoms with van der Waals surface area (Å²) in [5.41, 5.74) is 0.288. The van der Waals surface area contributed by atoms with Crippen LogP contribution in [0.2, 0.25) is 0 Å². The molecule has 20 heavy (non-hydrogen) atoms. The van der Waals surface area contributed by atoms with Crippen LogP contribution < -0.4 is 4.74 Å². The van der Waals surface area contributed by atoms with E-state index >= 15 is 0 Å². The lowest BCUT2D eigenvalue weighted by atomic mass is 9.96. The summed E-state index contributed by atoms with van der Waals surface area (Å²) in [5.74, 6) is 1.59. The van der Waals surface area contributed by atoms with E-state index in [1.165, 1.54) is 19.2 Å². The number of ether oxygens (including phenoxy) is 1. The number of H-pyrrole nitrogens is 1. The summed E-state index contributed by atoms with van der Waals surface area (Å²) in [6.07, 6.45) is 0. The van der Waals surface area contributed by atoms with Crippen LogP contribution in [0.15, 0.2) is 18.2 Å². The lowest BCUT2D eigenvalue weighted by Gasteiger charge is -2.13. The average molecular weight is 276 g/mol. The number of hydrogen-bond acceptors (Lipinski definition) is 5. The Kier molecular flexibility index (Phi) is 3.44. The molecule has 1 N–H and O–H groups in total. The monoisotopic (exact) mass is 276 g/mol. The van der Waals surface area contributed by atoms with Crippen molar-refractivity contribution < 1.29 is 9.66 Å². The second kappa shape index (κ2) is 4.92. The maximum absolute atomic E-state index is 10.9. The van der Waals surface area contributed by atoms with Gasteiger partial charge >= 0.3 is 0 Å². The summed E-state index contributed by atoms with van der Waals surface area (Å²) in [5, 5.41) is 17.8. The lowest BCUT2D eigenvalue weighted by Crippen LogP contribution is -2.13. The van der Waals surface area contributed by atoms with Gasteiger partial charge in [-0.2, -0.15) is 5.10 Å². The number of hydrogen-bond donors (Lipinski definition) is 1. The molecule has 2 rings (SSSR count). The number of aromatic nitrogens is 3.